The molecule has 0 saturated heterocycles. The number of halogens is 1. The molecule has 20 heavy (non-hydrogen) atoms. The highest BCUT2D eigenvalue weighted by atomic mass is 35.5. The Morgan fingerprint density at radius 3 is 2.70 bits per heavy atom. The SMILES string of the molecule is CN(Cc1cccc(Cl)c1)c1ccccc1C(N)=NO. The van der Waals surface area contributed by atoms with Crippen LogP contribution >= 0.6 is 11.6 Å². The summed E-state index contributed by atoms with van der Waals surface area (Å²) in [6.07, 6.45) is 0. The number of hydrogen-bond donors (Lipinski definition) is 2. The summed E-state index contributed by atoms with van der Waals surface area (Å²) in [5, 5.41) is 12.6. The highest BCUT2D eigenvalue weighted by Gasteiger charge is 2.10. The lowest BCUT2D eigenvalue weighted by molar-refractivity contribution is 0.318. The first-order valence-electron chi connectivity index (χ1n) is 6.14. The van der Waals surface area contributed by atoms with Gasteiger partial charge in [0, 0.05) is 29.9 Å². The lowest BCUT2D eigenvalue weighted by Gasteiger charge is -2.22. The van der Waals surface area contributed by atoms with Crippen LogP contribution in [0.4, 0.5) is 5.69 Å². The largest absolute Gasteiger partial charge is 0.409 e. The average molecular weight is 290 g/mol. The van der Waals surface area contributed by atoms with Crippen LogP contribution in [0.2, 0.25) is 5.02 Å². The van der Waals surface area contributed by atoms with Gasteiger partial charge >= 0.3 is 0 Å². The summed E-state index contributed by atoms with van der Waals surface area (Å²) >= 11 is 5.99. The summed E-state index contributed by atoms with van der Waals surface area (Å²) in [7, 11) is 1.95. The molecule has 5 heteroatoms. The van der Waals surface area contributed by atoms with Gasteiger partial charge in [0.15, 0.2) is 5.84 Å². The molecule has 2 rings (SSSR count). The van der Waals surface area contributed by atoms with Crippen LogP contribution in [0.15, 0.2) is 53.7 Å². The molecular weight excluding hydrogens is 274 g/mol. The summed E-state index contributed by atoms with van der Waals surface area (Å²) in [5.74, 6) is 0.0959. The average Bonchev–Trinajstić information content (AvgIpc) is 2.46. The van der Waals surface area contributed by atoms with Crippen molar-refractivity contribution in [3.8, 4) is 0 Å². The number of para-hydroxylation sites is 1. The zero-order chi connectivity index (χ0) is 14.5. The van der Waals surface area contributed by atoms with Crippen LogP contribution in [0.5, 0.6) is 0 Å². The Morgan fingerprint density at radius 1 is 1.25 bits per heavy atom. The highest BCUT2D eigenvalue weighted by Crippen LogP contribution is 2.21. The Hall–Kier alpha value is -2.20. The first-order chi connectivity index (χ1) is 9.61. The maximum atomic E-state index is 8.85. The zero-order valence-electron chi connectivity index (χ0n) is 11.1. The van der Waals surface area contributed by atoms with Crippen LogP contribution in [0, 0.1) is 0 Å². The molecule has 0 aromatic heterocycles. The van der Waals surface area contributed by atoms with Crippen molar-refractivity contribution in [2.75, 3.05) is 11.9 Å². The minimum absolute atomic E-state index is 0.0959. The second-order valence-corrected chi connectivity index (χ2v) is 4.92. The molecule has 4 nitrogen and oxygen atoms in total. The first-order valence-corrected chi connectivity index (χ1v) is 6.52. The molecule has 0 unspecified atom stereocenters. The summed E-state index contributed by atoms with van der Waals surface area (Å²) in [6, 6.07) is 15.2. The molecule has 0 saturated carbocycles. The molecule has 2 aromatic carbocycles. The quantitative estimate of drug-likeness (QED) is 0.393. The van der Waals surface area contributed by atoms with Gasteiger partial charge in [0.05, 0.1) is 0 Å². The third-order valence-electron chi connectivity index (χ3n) is 3.01. The van der Waals surface area contributed by atoms with Gasteiger partial charge in [-0.3, -0.25) is 0 Å². The Labute approximate surface area is 123 Å². The summed E-state index contributed by atoms with van der Waals surface area (Å²) < 4.78 is 0. The maximum absolute atomic E-state index is 8.85. The van der Waals surface area contributed by atoms with Crippen LogP contribution in [0.1, 0.15) is 11.1 Å². The van der Waals surface area contributed by atoms with Crippen molar-refractivity contribution < 1.29 is 5.21 Å². The van der Waals surface area contributed by atoms with E-state index in [0.717, 1.165) is 11.3 Å². The molecule has 0 aliphatic carbocycles. The monoisotopic (exact) mass is 289 g/mol. The fourth-order valence-corrected chi connectivity index (χ4v) is 2.28. The van der Waals surface area contributed by atoms with Crippen LogP contribution in [-0.4, -0.2) is 18.1 Å². The molecule has 0 atom stereocenters. The Balaban J connectivity index is 2.28. The number of hydrogen-bond acceptors (Lipinski definition) is 3. The van der Waals surface area contributed by atoms with Gasteiger partial charge in [-0.15, -0.1) is 0 Å². The fourth-order valence-electron chi connectivity index (χ4n) is 2.07. The van der Waals surface area contributed by atoms with E-state index in [1.165, 1.54) is 0 Å². The van der Waals surface area contributed by atoms with Crippen LogP contribution in [0.3, 0.4) is 0 Å². The van der Waals surface area contributed by atoms with Gasteiger partial charge in [-0.2, -0.15) is 0 Å². The molecule has 0 heterocycles. The predicted molar refractivity (Wildman–Crippen MR) is 82.5 cm³/mol. The second-order valence-electron chi connectivity index (χ2n) is 4.49. The molecule has 0 aliphatic heterocycles. The Bertz CT molecular complexity index is 628. The van der Waals surface area contributed by atoms with E-state index < -0.39 is 0 Å². The van der Waals surface area contributed by atoms with Crippen LogP contribution < -0.4 is 10.6 Å². The number of oxime groups is 1. The minimum atomic E-state index is 0.0959. The normalized spacial score (nSPS) is 11.4. The molecule has 0 amide bonds. The smallest absolute Gasteiger partial charge is 0.172 e. The van der Waals surface area contributed by atoms with Crippen molar-refractivity contribution in [1.29, 1.82) is 0 Å². The van der Waals surface area contributed by atoms with Crippen molar-refractivity contribution in [1.82, 2.24) is 0 Å². The molecule has 0 spiro atoms. The molecule has 0 aliphatic rings. The fraction of sp³-hybridized carbons (Fsp3) is 0.133. The Kier molecular flexibility index (Phi) is 4.48. The number of nitrogens with zero attached hydrogens (tertiary/aromatic N) is 2. The van der Waals surface area contributed by atoms with E-state index >= 15 is 0 Å². The first kappa shape index (κ1) is 14.2. The van der Waals surface area contributed by atoms with Crippen LogP contribution in [-0.2, 0) is 6.54 Å². The summed E-state index contributed by atoms with van der Waals surface area (Å²) in [6.45, 7) is 0.677. The van der Waals surface area contributed by atoms with E-state index in [9.17, 15) is 0 Å². The number of rotatable bonds is 4. The van der Waals surface area contributed by atoms with E-state index in [-0.39, 0.29) is 5.84 Å². The van der Waals surface area contributed by atoms with Gasteiger partial charge in [-0.1, -0.05) is 41.0 Å². The second kappa shape index (κ2) is 6.30. The molecule has 2 aromatic rings. The number of nitrogens with two attached hydrogens (primary N) is 1. The van der Waals surface area contributed by atoms with Gasteiger partial charge in [-0.05, 0) is 29.8 Å². The zero-order valence-corrected chi connectivity index (χ0v) is 11.9. The molecular formula is C15H16ClN3O. The minimum Gasteiger partial charge on any atom is -0.409 e. The highest BCUT2D eigenvalue weighted by molar-refractivity contribution is 6.30. The van der Waals surface area contributed by atoms with Crippen molar-refractivity contribution in [2.24, 2.45) is 10.9 Å². The van der Waals surface area contributed by atoms with Crippen LogP contribution in [0.25, 0.3) is 0 Å². The number of amidine groups is 1. The van der Waals surface area contributed by atoms with Crippen molar-refractivity contribution >= 4 is 23.1 Å². The van der Waals surface area contributed by atoms with Gasteiger partial charge < -0.3 is 15.8 Å². The maximum Gasteiger partial charge on any atom is 0.172 e. The van der Waals surface area contributed by atoms with Crippen molar-refractivity contribution in [2.45, 2.75) is 6.54 Å². The lowest BCUT2D eigenvalue weighted by Crippen LogP contribution is -2.22. The van der Waals surface area contributed by atoms with Crippen molar-refractivity contribution in [3.63, 3.8) is 0 Å². The lowest BCUT2D eigenvalue weighted by atomic mass is 10.1. The molecule has 3 N–H and O–H groups in total. The number of anilines is 1. The van der Waals surface area contributed by atoms with E-state index in [1.54, 1.807) is 0 Å². The molecule has 0 bridgehead atoms. The summed E-state index contributed by atoms with van der Waals surface area (Å²) in [4.78, 5) is 2.03. The predicted octanol–water partition coefficient (Wildman–Crippen LogP) is 3.07. The molecule has 0 fully saturated rings. The third kappa shape index (κ3) is 3.22. The summed E-state index contributed by atoms with van der Waals surface area (Å²) in [5.41, 5.74) is 8.38. The van der Waals surface area contributed by atoms with Crippen molar-refractivity contribution in [3.05, 3.63) is 64.7 Å². The molecule has 104 valence electrons. The van der Waals surface area contributed by atoms with E-state index in [1.807, 2.05) is 60.5 Å². The topological polar surface area (TPSA) is 61.8 Å². The Morgan fingerprint density at radius 2 is 2.00 bits per heavy atom. The standard InChI is InChI=1S/C15H16ClN3O/c1-19(10-11-5-4-6-12(16)9-11)14-8-3-2-7-13(14)15(17)18-20/h2-9,20H,10H2,1H3,(H2,17,18). The number of benzene rings is 2. The van der Waals surface area contributed by atoms with Gasteiger partial charge in [0.25, 0.3) is 0 Å². The van der Waals surface area contributed by atoms with Gasteiger partial charge in [0.2, 0.25) is 0 Å². The van der Waals surface area contributed by atoms with Gasteiger partial charge in [-0.25, -0.2) is 0 Å². The third-order valence-corrected chi connectivity index (χ3v) is 3.24. The molecule has 0 radical (unpaired) electrons. The van der Waals surface area contributed by atoms with E-state index in [0.29, 0.717) is 17.1 Å². The van der Waals surface area contributed by atoms with E-state index in [4.69, 9.17) is 22.5 Å². The van der Waals surface area contributed by atoms with E-state index in [2.05, 4.69) is 5.16 Å². The van der Waals surface area contributed by atoms with Gasteiger partial charge in [0.1, 0.15) is 0 Å².